The largest absolute Gasteiger partial charge is 0.364 e. The lowest BCUT2D eigenvalue weighted by Gasteiger charge is -1.99. The van der Waals surface area contributed by atoms with Crippen molar-refractivity contribution in [3.8, 4) is 0 Å². The molecule has 1 aromatic carbocycles. The maximum Gasteiger partial charge on any atom is 0.285 e. The standard InChI is InChI=1S/C11H6ClFN2O2S/c12-7-4-6(13)2-1-5(7)3-8-10(17)15-11(18-8)9(14)16/h1-4H,(H2,14,16). The molecule has 0 unspecified atom stereocenters. The lowest BCUT2D eigenvalue weighted by atomic mass is 10.2. The molecule has 1 heterocycles. The van der Waals surface area contributed by atoms with Crippen LogP contribution in [0, 0.1) is 5.82 Å². The molecule has 92 valence electrons. The third kappa shape index (κ3) is 2.60. The quantitative estimate of drug-likeness (QED) is 0.844. The number of aliphatic imine (C=N–C) groups is 1. The zero-order valence-corrected chi connectivity index (χ0v) is 10.4. The Hall–Kier alpha value is -1.66. The van der Waals surface area contributed by atoms with E-state index in [9.17, 15) is 14.0 Å². The fourth-order valence-corrected chi connectivity index (χ4v) is 2.25. The lowest BCUT2D eigenvalue weighted by Crippen LogP contribution is -2.18. The van der Waals surface area contributed by atoms with Crippen molar-refractivity contribution in [3.05, 3.63) is 39.5 Å². The Morgan fingerprint density at radius 3 is 2.78 bits per heavy atom. The molecular formula is C11H6ClFN2O2S. The summed E-state index contributed by atoms with van der Waals surface area (Å²) in [5.41, 5.74) is 5.49. The number of hydrogen-bond acceptors (Lipinski definition) is 3. The molecule has 0 bridgehead atoms. The minimum absolute atomic E-state index is 0.0653. The van der Waals surface area contributed by atoms with Crippen molar-refractivity contribution in [1.29, 1.82) is 0 Å². The smallest absolute Gasteiger partial charge is 0.285 e. The van der Waals surface area contributed by atoms with Crippen molar-refractivity contribution in [2.24, 2.45) is 10.7 Å². The van der Waals surface area contributed by atoms with Crippen LogP contribution in [0.5, 0.6) is 0 Å². The number of carbonyl (C=O) groups excluding carboxylic acids is 2. The fraction of sp³-hybridized carbons (Fsp3) is 0. The van der Waals surface area contributed by atoms with Gasteiger partial charge in [0.15, 0.2) is 5.04 Å². The number of carbonyl (C=O) groups is 2. The van der Waals surface area contributed by atoms with Gasteiger partial charge >= 0.3 is 0 Å². The summed E-state index contributed by atoms with van der Waals surface area (Å²) in [6.07, 6.45) is 1.44. The first-order chi connectivity index (χ1) is 8.47. The molecule has 0 aromatic heterocycles. The molecule has 1 aliphatic heterocycles. The third-order valence-corrected chi connectivity index (χ3v) is 3.41. The van der Waals surface area contributed by atoms with Crippen LogP contribution in [0.15, 0.2) is 28.1 Å². The van der Waals surface area contributed by atoms with Crippen LogP contribution in [-0.2, 0) is 9.59 Å². The first-order valence-electron chi connectivity index (χ1n) is 4.75. The molecule has 18 heavy (non-hydrogen) atoms. The van der Waals surface area contributed by atoms with Crippen LogP contribution in [0.3, 0.4) is 0 Å². The van der Waals surface area contributed by atoms with E-state index in [1.54, 1.807) is 0 Å². The molecule has 7 heteroatoms. The number of primary amides is 1. The van der Waals surface area contributed by atoms with Crippen LogP contribution in [0.2, 0.25) is 5.02 Å². The molecule has 0 saturated heterocycles. The number of nitrogens with zero attached hydrogens (tertiary/aromatic N) is 1. The highest BCUT2D eigenvalue weighted by Crippen LogP contribution is 2.30. The van der Waals surface area contributed by atoms with Crippen molar-refractivity contribution < 1.29 is 14.0 Å². The van der Waals surface area contributed by atoms with E-state index in [1.807, 2.05) is 0 Å². The Bertz CT molecular complexity index is 613. The van der Waals surface area contributed by atoms with E-state index in [2.05, 4.69) is 4.99 Å². The van der Waals surface area contributed by atoms with E-state index in [1.165, 1.54) is 18.2 Å². The van der Waals surface area contributed by atoms with E-state index < -0.39 is 17.6 Å². The molecule has 1 aromatic rings. The normalized spacial score (nSPS) is 17.1. The van der Waals surface area contributed by atoms with Gasteiger partial charge in [0.05, 0.1) is 9.93 Å². The molecule has 0 saturated carbocycles. The number of thioether (sulfide) groups is 1. The minimum Gasteiger partial charge on any atom is -0.364 e. The Labute approximate surface area is 111 Å². The fourth-order valence-electron chi connectivity index (χ4n) is 1.27. The highest BCUT2D eigenvalue weighted by Gasteiger charge is 2.25. The van der Waals surface area contributed by atoms with E-state index in [0.29, 0.717) is 5.56 Å². The summed E-state index contributed by atoms with van der Waals surface area (Å²) in [4.78, 5) is 26.1. The van der Waals surface area contributed by atoms with Gasteiger partial charge in [-0.25, -0.2) is 4.39 Å². The molecular weight excluding hydrogens is 279 g/mol. The van der Waals surface area contributed by atoms with Gasteiger partial charge in [-0.2, -0.15) is 4.99 Å². The highest BCUT2D eigenvalue weighted by molar-refractivity contribution is 8.20. The first kappa shape index (κ1) is 12.8. The van der Waals surface area contributed by atoms with Gasteiger partial charge in [-0.3, -0.25) is 9.59 Å². The van der Waals surface area contributed by atoms with Crippen molar-refractivity contribution in [2.45, 2.75) is 0 Å². The molecule has 0 atom stereocenters. The van der Waals surface area contributed by atoms with Gasteiger partial charge in [-0.05, 0) is 23.8 Å². The molecule has 2 rings (SSSR count). The van der Waals surface area contributed by atoms with E-state index >= 15 is 0 Å². The second-order valence-electron chi connectivity index (χ2n) is 3.36. The van der Waals surface area contributed by atoms with E-state index in [4.69, 9.17) is 17.3 Å². The van der Waals surface area contributed by atoms with Gasteiger partial charge in [0.1, 0.15) is 5.82 Å². The van der Waals surface area contributed by atoms with Crippen LogP contribution in [0.1, 0.15) is 5.56 Å². The lowest BCUT2D eigenvalue weighted by molar-refractivity contribution is -0.114. The summed E-state index contributed by atoms with van der Waals surface area (Å²) in [5.74, 6) is -1.79. The third-order valence-electron chi connectivity index (χ3n) is 2.08. The summed E-state index contributed by atoms with van der Waals surface area (Å²) in [6, 6.07) is 3.78. The molecule has 0 radical (unpaired) electrons. The Balaban J connectivity index is 2.31. The zero-order valence-electron chi connectivity index (χ0n) is 8.81. The average molecular weight is 285 g/mol. The van der Waals surface area contributed by atoms with E-state index in [-0.39, 0.29) is 15.0 Å². The number of nitrogens with two attached hydrogens (primary N) is 1. The molecule has 2 amide bonds. The zero-order chi connectivity index (χ0) is 13.3. The van der Waals surface area contributed by atoms with Crippen molar-refractivity contribution in [3.63, 3.8) is 0 Å². The Kier molecular flexibility index (Phi) is 3.49. The minimum atomic E-state index is -0.762. The number of hydrogen-bond donors (Lipinski definition) is 1. The number of benzene rings is 1. The van der Waals surface area contributed by atoms with Crippen molar-refractivity contribution in [1.82, 2.24) is 0 Å². The predicted octanol–water partition coefficient (Wildman–Crippen LogP) is 1.98. The van der Waals surface area contributed by atoms with E-state index in [0.717, 1.165) is 17.8 Å². The molecule has 4 nitrogen and oxygen atoms in total. The maximum absolute atomic E-state index is 12.8. The van der Waals surface area contributed by atoms with Gasteiger partial charge in [0, 0.05) is 0 Å². The summed E-state index contributed by atoms with van der Waals surface area (Å²) in [7, 11) is 0. The number of amides is 2. The Morgan fingerprint density at radius 2 is 2.22 bits per heavy atom. The molecule has 2 N–H and O–H groups in total. The highest BCUT2D eigenvalue weighted by atomic mass is 35.5. The van der Waals surface area contributed by atoms with Crippen LogP contribution in [0.25, 0.3) is 6.08 Å². The average Bonchev–Trinajstić information content (AvgIpc) is 2.64. The second kappa shape index (κ2) is 4.91. The summed E-state index contributed by atoms with van der Waals surface area (Å²) in [6.45, 7) is 0. The summed E-state index contributed by atoms with van der Waals surface area (Å²) >= 11 is 6.69. The second-order valence-corrected chi connectivity index (χ2v) is 4.80. The first-order valence-corrected chi connectivity index (χ1v) is 5.94. The molecule has 1 aliphatic rings. The SMILES string of the molecule is NC(=O)C1=NC(=O)C(=Cc2ccc(F)cc2Cl)S1. The van der Waals surface area contributed by atoms with Crippen molar-refractivity contribution in [2.75, 3.05) is 0 Å². The monoisotopic (exact) mass is 284 g/mol. The van der Waals surface area contributed by atoms with Gasteiger partial charge < -0.3 is 5.73 Å². The topological polar surface area (TPSA) is 72.5 Å². The molecule has 0 fully saturated rings. The van der Waals surface area contributed by atoms with Crippen LogP contribution >= 0.6 is 23.4 Å². The summed E-state index contributed by atoms with van der Waals surface area (Å²) in [5, 5.41) is 0.105. The summed E-state index contributed by atoms with van der Waals surface area (Å²) < 4.78 is 12.8. The van der Waals surface area contributed by atoms with Gasteiger partial charge in [0.2, 0.25) is 0 Å². The number of halogens is 2. The number of rotatable bonds is 2. The van der Waals surface area contributed by atoms with Gasteiger partial charge in [-0.15, -0.1) is 0 Å². The van der Waals surface area contributed by atoms with Crippen LogP contribution in [0.4, 0.5) is 4.39 Å². The van der Waals surface area contributed by atoms with Gasteiger partial charge in [-0.1, -0.05) is 29.4 Å². The maximum atomic E-state index is 12.8. The predicted molar refractivity (Wildman–Crippen MR) is 68.6 cm³/mol. The van der Waals surface area contributed by atoms with Crippen LogP contribution in [-0.4, -0.2) is 16.9 Å². The van der Waals surface area contributed by atoms with Crippen molar-refractivity contribution >= 4 is 46.3 Å². The van der Waals surface area contributed by atoms with Crippen LogP contribution < -0.4 is 5.73 Å². The van der Waals surface area contributed by atoms with Gasteiger partial charge in [0.25, 0.3) is 11.8 Å². The molecule has 0 spiro atoms. The Morgan fingerprint density at radius 1 is 1.50 bits per heavy atom. The molecule has 0 aliphatic carbocycles.